The van der Waals surface area contributed by atoms with Crippen LogP contribution in [0.15, 0.2) is 36.9 Å². The van der Waals surface area contributed by atoms with Crippen molar-refractivity contribution >= 4 is 0 Å². The van der Waals surface area contributed by atoms with Crippen molar-refractivity contribution in [2.24, 2.45) is 0 Å². The van der Waals surface area contributed by atoms with Crippen LogP contribution in [0.3, 0.4) is 0 Å². The fourth-order valence-electron chi connectivity index (χ4n) is 2.64. The van der Waals surface area contributed by atoms with Gasteiger partial charge in [0.25, 0.3) is 0 Å². The predicted molar refractivity (Wildman–Crippen MR) is 85.0 cm³/mol. The van der Waals surface area contributed by atoms with E-state index in [1.807, 2.05) is 31.2 Å². The molecule has 0 spiro atoms. The van der Waals surface area contributed by atoms with E-state index in [0.29, 0.717) is 13.2 Å². The quantitative estimate of drug-likeness (QED) is 0.735. The van der Waals surface area contributed by atoms with E-state index in [2.05, 4.69) is 17.0 Å². The summed E-state index contributed by atoms with van der Waals surface area (Å²) in [5, 5.41) is 4.16. The molecule has 0 radical (unpaired) electrons. The number of unbranched alkanes of at least 4 members (excludes halogenated alkanes) is 1. The highest BCUT2D eigenvalue weighted by Gasteiger charge is 2.42. The fourth-order valence-corrected chi connectivity index (χ4v) is 2.64. The molecule has 0 amide bonds. The zero-order chi connectivity index (χ0) is 16.1. The summed E-state index contributed by atoms with van der Waals surface area (Å²) in [5.41, 5.74) is 0.959. The van der Waals surface area contributed by atoms with Crippen molar-refractivity contribution in [2.75, 3.05) is 13.2 Å². The molecule has 1 aliphatic rings. The molecule has 6 nitrogen and oxygen atoms in total. The summed E-state index contributed by atoms with van der Waals surface area (Å²) in [5.74, 6) is 0.0406. The topological polar surface area (TPSA) is 58.4 Å². The molecule has 1 aliphatic heterocycles. The van der Waals surface area contributed by atoms with E-state index >= 15 is 0 Å². The third-order valence-electron chi connectivity index (χ3n) is 3.84. The van der Waals surface area contributed by atoms with Crippen molar-refractivity contribution in [3.05, 3.63) is 42.5 Å². The first kappa shape index (κ1) is 16.0. The first-order chi connectivity index (χ1) is 11.2. The Hall–Kier alpha value is -1.92. The molecule has 23 heavy (non-hydrogen) atoms. The zero-order valence-corrected chi connectivity index (χ0v) is 13.6. The number of nitrogens with zero attached hydrogens (tertiary/aromatic N) is 3. The second kappa shape index (κ2) is 7.10. The summed E-state index contributed by atoms with van der Waals surface area (Å²) in [7, 11) is 0. The monoisotopic (exact) mass is 317 g/mol. The highest BCUT2D eigenvalue weighted by molar-refractivity contribution is 5.30. The Labute approximate surface area is 136 Å². The maximum absolute atomic E-state index is 6.10. The Kier molecular flexibility index (Phi) is 4.93. The smallest absolute Gasteiger partial charge is 0.215 e. The molecule has 1 fully saturated rings. The fraction of sp³-hybridized carbons (Fsp3) is 0.529. The van der Waals surface area contributed by atoms with Gasteiger partial charge in [-0.15, -0.1) is 0 Å². The van der Waals surface area contributed by atoms with Gasteiger partial charge in [-0.05, 0) is 37.6 Å². The minimum absolute atomic E-state index is 0.0407. The van der Waals surface area contributed by atoms with Gasteiger partial charge >= 0.3 is 0 Å². The van der Waals surface area contributed by atoms with E-state index < -0.39 is 5.79 Å². The van der Waals surface area contributed by atoms with Crippen molar-refractivity contribution in [3.63, 3.8) is 0 Å². The normalized spacial score (nSPS) is 24.0. The molecule has 124 valence electrons. The molecule has 1 aromatic carbocycles. The standard InChI is InChI=1S/C17H23N3O3/c1-3-4-9-21-16-7-5-15(6-8-16)17(22-10-14(2)23-17)11-20-13-18-12-19-20/h5-8,12-14H,3-4,9-11H2,1-2H3/t14-,17?/m1/s1. The van der Waals surface area contributed by atoms with Gasteiger partial charge in [-0.2, -0.15) is 5.10 Å². The second-order valence-electron chi connectivity index (χ2n) is 5.81. The molecular weight excluding hydrogens is 294 g/mol. The highest BCUT2D eigenvalue weighted by Crippen LogP contribution is 2.36. The van der Waals surface area contributed by atoms with Gasteiger partial charge < -0.3 is 14.2 Å². The van der Waals surface area contributed by atoms with Crippen molar-refractivity contribution in [3.8, 4) is 5.75 Å². The van der Waals surface area contributed by atoms with Gasteiger partial charge in [0.2, 0.25) is 5.79 Å². The summed E-state index contributed by atoms with van der Waals surface area (Å²) in [6.07, 6.45) is 5.40. The lowest BCUT2D eigenvalue weighted by Crippen LogP contribution is -2.33. The molecule has 0 aliphatic carbocycles. The Morgan fingerprint density at radius 2 is 2.17 bits per heavy atom. The number of rotatable bonds is 7. The van der Waals surface area contributed by atoms with Crippen molar-refractivity contribution in [1.82, 2.24) is 14.8 Å². The summed E-state index contributed by atoms with van der Waals surface area (Å²) >= 11 is 0. The molecular formula is C17H23N3O3. The molecule has 0 N–H and O–H groups in total. The van der Waals surface area contributed by atoms with E-state index in [1.54, 1.807) is 11.0 Å². The molecule has 2 aromatic rings. The van der Waals surface area contributed by atoms with Gasteiger partial charge in [0, 0.05) is 5.56 Å². The van der Waals surface area contributed by atoms with Crippen LogP contribution in [0.25, 0.3) is 0 Å². The van der Waals surface area contributed by atoms with Crippen molar-refractivity contribution < 1.29 is 14.2 Å². The van der Waals surface area contributed by atoms with E-state index in [9.17, 15) is 0 Å². The summed E-state index contributed by atoms with van der Waals surface area (Å²) < 4.78 is 19.5. The molecule has 1 aromatic heterocycles. The van der Waals surface area contributed by atoms with Crippen LogP contribution in [-0.2, 0) is 21.8 Å². The van der Waals surface area contributed by atoms with Gasteiger partial charge in [-0.1, -0.05) is 13.3 Å². The number of ether oxygens (including phenoxy) is 3. The minimum Gasteiger partial charge on any atom is -0.494 e. The van der Waals surface area contributed by atoms with Crippen molar-refractivity contribution in [2.45, 2.75) is 45.1 Å². The molecule has 0 saturated carbocycles. The van der Waals surface area contributed by atoms with Crippen LogP contribution in [0.5, 0.6) is 5.75 Å². The molecule has 1 saturated heterocycles. The molecule has 2 atom stereocenters. The Balaban J connectivity index is 1.77. The lowest BCUT2D eigenvalue weighted by Gasteiger charge is -2.28. The maximum Gasteiger partial charge on any atom is 0.215 e. The van der Waals surface area contributed by atoms with Gasteiger partial charge in [0.05, 0.1) is 19.3 Å². The predicted octanol–water partition coefficient (Wildman–Crippen LogP) is 2.75. The van der Waals surface area contributed by atoms with E-state index in [-0.39, 0.29) is 6.10 Å². The first-order valence-electron chi connectivity index (χ1n) is 8.09. The van der Waals surface area contributed by atoms with Gasteiger partial charge in [0.1, 0.15) is 24.9 Å². The minimum atomic E-state index is -0.824. The number of hydrogen-bond donors (Lipinski definition) is 0. The third kappa shape index (κ3) is 3.71. The SMILES string of the molecule is CCCCOc1ccc(C2(Cn3cncn3)OC[C@@H](C)O2)cc1. The number of aromatic nitrogens is 3. The maximum atomic E-state index is 6.10. The average molecular weight is 317 g/mol. The van der Waals surface area contributed by atoms with Crippen LogP contribution in [0.1, 0.15) is 32.3 Å². The lowest BCUT2D eigenvalue weighted by atomic mass is 10.1. The number of benzene rings is 1. The van der Waals surface area contributed by atoms with Gasteiger partial charge in [0.15, 0.2) is 0 Å². The van der Waals surface area contributed by atoms with Crippen LogP contribution < -0.4 is 4.74 Å². The van der Waals surface area contributed by atoms with Crippen LogP contribution in [0, 0.1) is 0 Å². The van der Waals surface area contributed by atoms with Crippen LogP contribution >= 0.6 is 0 Å². The van der Waals surface area contributed by atoms with E-state index in [1.165, 1.54) is 6.33 Å². The molecule has 6 heteroatoms. The van der Waals surface area contributed by atoms with E-state index in [4.69, 9.17) is 14.2 Å². The number of hydrogen-bond acceptors (Lipinski definition) is 5. The highest BCUT2D eigenvalue weighted by atomic mass is 16.7. The summed E-state index contributed by atoms with van der Waals surface area (Å²) in [6, 6.07) is 7.92. The van der Waals surface area contributed by atoms with Crippen LogP contribution in [-0.4, -0.2) is 34.1 Å². The third-order valence-corrected chi connectivity index (χ3v) is 3.84. The van der Waals surface area contributed by atoms with Gasteiger partial charge in [-0.3, -0.25) is 0 Å². The van der Waals surface area contributed by atoms with E-state index in [0.717, 1.165) is 30.8 Å². The first-order valence-corrected chi connectivity index (χ1v) is 8.09. The van der Waals surface area contributed by atoms with Crippen molar-refractivity contribution in [1.29, 1.82) is 0 Å². The Bertz CT molecular complexity index is 600. The molecule has 2 heterocycles. The van der Waals surface area contributed by atoms with Crippen LogP contribution in [0.2, 0.25) is 0 Å². The van der Waals surface area contributed by atoms with Crippen LogP contribution in [0.4, 0.5) is 0 Å². The lowest BCUT2D eigenvalue weighted by molar-refractivity contribution is -0.186. The van der Waals surface area contributed by atoms with Gasteiger partial charge in [-0.25, -0.2) is 9.67 Å². The molecule has 3 rings (SSSR count). The summed E-state index contributed by atoms with van der Waals surface area (Å²) in [6.45, 7) is 5.92. The zero-order valence-electron chi connectivity index (χ0n) is 13.6. The Morgan fingerprint density at radius 1 is 1.35 bits per heavy atom. The molecule has 0 bridgehead atoms. The average Bonchev–Trinajstić information content (AvgIpc) is 3.19. The largest absolute Gasteiger partial charge is 0.494 e. The Morgan fingerprint density at radius 3 is 2.78 bits per heavy atom. The molecule has 1 unspecified atom stereocenters. The second-order valence-corrected chi connectivity index (χ2v) is 5.81. The summed E-state index contributed by atoms with van der Waals surface area (Å²) in [4.78, 5) is 3.98.